The van der Waals surface area contributed by atoms with Crippen molar-refractivity contribution in [1.29, 1.82) is 0 Å². The summed E-state index contributed by atoms with van der Waals surface area (Å²) in [5.41, 5.74) is 1.48. The minimum atomic E-state index is 0.211. The highest BCUT2D eigenvalue weighted by Crippen LogP contribution is 2.39. The summed E-state index contributed by atoms with van der Waals surface area (Å²) in [5.74, 6) is 0. The van der Waals surface area contributed by atoms with E-state index in [-0.39, 0.29) is 5.41 Å². The predicted octanol–water partition coefficient (Wildman–Crippen LogP) is 6.87. The van der Waals surface area contributed by atoms with E-state index in [2.05, 4.69) is 38.9 Å². The zero-order valence-corrected chi connectivity index (χ0v) is 14.5. The van der Waals surface area contributed by atoms with Crippen molar-refractivity contribution in [3.8, 4) is 0 Å². The van der Waals surface area contributed by atoms with Gasteiger partial charge in [-0.15, -0.1) is 0 Å². The zero-order chi connectivity index (χ0) is 16.0. The van der Waals surface area contributed by atoms with Crippen molar-refractivity contribution in [1.82, 2.24) is 0 Å². The van der Waals surface area contributed by atoms with E-state index in [4.69, 9.17) is 0 Å². The maximum atomic E-state index is 4.32. The fraction of sp³-hybridized carbons (Fsp3) is 0.650. The summed E-state index contributed by atoms with van der Waals surface area (Å²) in [4.78, 5) is 4.32. The first kappa shape index (κ1) is 19.9. The monoisotopic (exact) mass is 289 g/mol. The minimum absolute atomic E-state index is 0.211. The molecule has 1 atom stereocenters. The van der Waals surface area contributed by atoms with Crippen molar-refractivity contribution in [2.24, 2.45) is 10.4 Å². The minimum Gasteiger partial charge on any atom is -0.264 e. The second-order valence-corrected chi connectivity index (χ2v) is 6.15. The Kier molecular flexibility index (Phi) is 12.0. The Bertz CT molecular complexity index is 338. The molecular weight excluding hydrogens is 254 g/mol. The molecule has 1 nitrogen and oxygen atoms in total. The molecule has 0 fully saturated rings. The average Bonchev–Trinajstić information content (AvgIpc) is 2.48. The van der Waals surface area contributed by atoms with Crippen LogP contribution >= 0.6 is 0 Å². The van der Waals surface area contributed by atoms with Crippen molar-refractivity contribution in [3.63, 3.8) is 0 Å². The van der Waals surface area contributed by atoms with Gasteiger partial charge >= 0.3 is 0 Å². The number of unbranched alkanes of at least 4 members (excludes halogenated alkanes) is 5. The van der Waals surface area contributed by atoms with Crippen LogP contribution < -0.4 is 0 Å². The van der Waals surface area contributed by atoms with Crippen LogP contribution in [0.4, 0.5) is 0 Å². The fourth-order valence-electron chi connectivity index (χ4n) is 2.76. The van der Waals surface area contributed by atoms with Crippen molar-refractivity contribution < 1.29 is 0 Å². The molecule has 0 saturated carbocycles. The largest absolute Gasteiger partial charge is 0.264 e. The number of nitrogens with zero attached hydrogens (tertiary/aromatic N) is 1. The Labute approximate surface area is 132 Å². The van der Waals surface area contributed by atoms with Crippen LogP contribution in [0, 0.1) is 5.41 Å². The molecular formula is C20H35N. The van der Waals surface area contributed by atoms with Crippen LogP contribution in [0.25, 0.3) is 0 Å². The Morgan fingerprint density at radius 3 is 2.05 bits per heavy atom. The summed E-state index contributed by atoms with van der Waals surface area (Å²) >= 11 is 0. The summed E-state index contributed by atoms with van der Waals surface area (Å²) < 4.78 is 0. The van der Waals surface area contributed by atoms with Gasteiger partial charge in [0.25, 0.3) is 0 Å². The standard InChI is InChI=1S/C20H35N/c1-6-10-12-14-16-20(5,15-13-11-7-2)19(9-4)18-21-17-8-3/h8-9,17-18H,3-4,6-7,10-16H2,1-2,5H3/b19-18+,21-17-. The van der Waals surface area contributed by atoms with E-state index in [0.717, 1.165) is 0 Å². The summed E-state index contributed by atoms with van der Waals surface area (Å²) in [6.45, 7) is 14.6. The van der Waals surface area contributed by atoms with Gasteiger partial charge in [0.05, 0.1) is 0 Å². The number of aliphatic imine (C=N–C) groups is 1. The van der Waals surface area contributed by atoms with Gasteiger partial charge in [-0.05, 0) is 23.8 Å². The normalized spacial score (nSPS) is 15.1. The number of allylic oxidation sites excluding steroid dienone is 3. The summed E-state index contributed by atoms with van der Waals surface area (Å²) in [6, 6.07) is 0. The Balaban J connectivity index is 4.87. The third-order valence-electron chi connectivity index (χ3n) is 4.24. The molecule has 0 aromatic heterocycles. The molecule has 0 aromatic rings. The first-order valence-corrected chi connectivity index (χ1v) is 8.61. The molecule has 0 saturated heterocycles. The summed E-state index contributed by atoms with van der Waals surface area (Å²) in [5, 5.41) is 0. The Morgan fingerprint density at radius 1 is 0.952 bits per heavy atom. The highest BCUT2D eigenvalue weighted by atomic mass is 14.7. The zero-order valence-electron chi connectivity index (χ0n) is 14.5. The molecule has 1 heteroatoms. The number of rotatable bonds is 13. The van der Waals surface area contributed by atoms with Gasteiger partial charge in [0.15, 0.2) is 0 Å². The first-order valence-electron chi connectivity index (χ1n) is 8.61. The van der Waals surface area contributed by atoms with Crippen LogP contribution in [0.5, 0.6) is 0 Å². The van der Waals surface area contributed by atoms with E-state index >= 15 is 0 Å². The van der Waals surface area contributed by atoms with Gasteiger partial charge in [-0.1, -0.05) is 91.0 Å². The number of hydrogen-bond donors (Lipinski definition) is 0. The van der Waals surface area contributed by atoms with Crippen LogP contribution in [0.15, 0.2) is 42.1 Å². The molecule has 0 aliphatic carbocycles. The highest BCUT2D eigenvalue weighted by molar-refractivity contribution is 5.70. The molecule has 1 unspecified atom stereocenters. The van der Waals surface area contributed by atoms with E-state index in [1.165, 1.54) is 63.4 Å². The molecule has 0 bridgehead atoms. The maximum Gasteiger partial charge on any atom is 0.0305 e. The van der Waals surface area contributed by atoms with Crippen LogP contribution in [-0.2, 0) is 0 Å². The second-order valence-electron chi connectivity index (χ2n) is 6.15. The molecule has 0 radical (unpaired) electrons. The van der Waals surface area contributed by atoms with Crippen LogP contribution in [0.1, 0.15) is 78.6 Å². The quantitative estimate of drug-likeness (QED) is 0.199. The molecule has 0 aliphatic heterocycles. The molecule has 0 amide bonds. The molecule has 0 spiro atoms. The van der Waals surface area contributed by atoms with Crippen molar-refractivity contribution in [2.45, 2.75) is 78.6 Å². The van der Waals surface area contributed by atoms with E-state index in [0.29, 0.717) is 0 Å². The van der Waals surface area contributed by atoms with Crippen LogP contribution in [-0.4, -0.2) is 6.21 Å². The summed E-state index contributed by atoms with van der Waals surface area (Å²) in [7, 11) is 0. The molecule has 0 N–H and O–H groups in total. The van der Waals surface area contributed by atoms with Gasteiger partial charge < -0.3 is 0 Å². The Hall–Kier alpha value is -1.11. The SMILES string of the molecule is C=C/C=N\C=C(/C=C)C(C)(CCCCC)CCCCCC. The Morgan fingerprint density at radius 2 is 1.52 bits per heavy atom. The third-order valence-corrected chi connectivity index (χ3v) is 4.24. The van der Waals surface area contributed by atoms with Crippen molar-refractivity contribution >= 4 is 6.21 Å². The maximum absolute atomic E-state index is 4.32. The van der Waals surface area contributed by atoms with Gasteiger partial charge in [-0.25, -0.2) is 0 Å². The van der Waals surface area contributed by atoms with Crippen molar-refractivity contribution in [3.05, 3.63) is 37.1 Å². The predicted molar refractivity (Wildman–Crippen MR) is 98.0 cm³/mol. The number of hydrogen-bond acceptors (Lipinski definition) is 1. The second kappa shape index (κ2) is 12.6. The lowest BCUT2D eigenvalue weighted by Gasteiger charge is -2.31. The van der Waals surface area contributed by atoms with E-state index < -0.39 is 0 Å². The molecule has 0 rings (SSSR count). The van der Waals surface area contributed by atoms with E-state index in [9.17, 15) is 0 Å². The molecule has 21 heavy (non-hydrogen) atoms. The molecule has 0 aromatic carbocycles. The molecule has 0 aliphatic rings. The lowest BCUT2D eigenvalue weighted by atomic mass is 9.74. The van der Waals surface area contributed by atoms with Gasteiger partial charge in [-0.2, -0.15) is 0 Å². The third kappa shape index (κ3) is 8.70. The topological polar surface area (TPSA) is 12.4 Å². The van der Waals surface area contributed by atoms with Crippen molar-refractivity contribution in [2.75, 3.05) is 0 Å². The van der Waals surface area contributed by atoms with Gasteiger partial charge in [0, 0.05) is 12.4 Å². The van der Waals surface area contributed by atoms with E-state index in [1.807, 2.05) is 12.3 Å². The van der Waals surface area contributed by atoms with E-state index in [1.54, 1.807) is 12.3 Å². The molecule has 0 heterocycles. The lowest BCUT2D eigenvalue weighted by molar-refractivity contribution is 0.314. The summed E-state index contributed by atoms with van der Waals surface area (Å²) in [6.07, 6.45) is 19.0. The fourth-order valence-corrected chi connectivity index (χ4v) is 2.76. The molecule has 120 valence electrons. The lowest BCUT2D eigenvalue weighted by Crippen LogP contribution is -2.18. The van der Waals surface area contributed by atoms with Gasteiger partial charge in [-0.3, -0.25) is 4.99 Å². The average molecular weight is 290 g/mol. The smallest absolute Gasteiger partial charge is 0.0305 e. The van der Waals surface area contributed by atoms with Gasteiger partial charge in [0.2, 0.25) is 0 Å². The highest BCUT2D eigenvalue weighted by Gasteiger charge is 2.26. The van der Waals surface area contributed by atoms with Crippen LogP contribution in [0.3, 0.4) is 0 Å². The first-order chi connectivity index (χ1) is 10.1. The van der Waals surface area contributed by atoms with Gasteiger partial charge in [0.1, 0.15) is 0 Å². The van der Waals surface area contributed by atoms with Crippen LogP contribution in [0.2, 0.25) is 0 Å².